The number of rotatable bonds is 3. The van der Waals surface area contributed by atoms with Gasteiger partial charge in [-0.15, -0.1) is 0 Å². The number of aryl methyl sites for hydroxylation is 1. The molecule has 0 atom stereocenters. The topological polar surface area (TPSA) is 17.1 Å². The first-order valence-electron chi connectivity index (χ1n) is 5.70. The molecule has 0 amide bonds. The van der Waals surface area contributed by atoms with Crippen LogP contribution in [0.5, 0.6) is 0 Å². The zero-order valence-corrected chi connectivity index (χ0v) is 11.5. The summed E-state index contributed by atoms with van der Waals surface area (Å²) in [4.78, 5) is 12.2. The summed E-state index contributed by atoms with van der Waals surface area (Å²) in [7, 11) is 0. The van der Waals surface area contributed by atoms with Crippen molar-refractivity contribution in [1.82, 2.24) is 0 Å². The van der Waals surface area contributed by atoms with Crippen LogP contribution < -0.4 is 0 Å². The highest BCUT2D eigenvalue weighted by atomic mass is 79.9. The summed E-state index contributed by atoms with van der Waals surface area (Å²) in [6, 6.07) is 11.3. The fourth-order valence-corrected chi connectivity index (χ4v) is 2.33. The molecule has 0 aliphatic rings. The molecule has 2 aromatic carbocycles. The average Bonchev–Trinajstić information content (AvgIpc) is 2.38. The summed E-state index contributed by atoms with van der Waals surface area (Å²) in [6.07, 6.45) is 0.920. The zero-order chi connectivity index (χ0) is 13.1. The van der Waals surface area contributed by atoms with Gasteiger partial charge in [0, 0.05) is 15.6 Å². The van der Waals surface area contributed by atoms with Crippen molar-refractivity contribution >= 4 is 21.7 Å². The number of hydrogen-bond acceptors (Lipinski definition) is 1. The molecule has 0 N–H and O–H groups in total. The summed E-state index contributed by atoms with van der Waals surface area (Å²) in [6.45, 7) is 2.06. The molecule has 2 aromatic rings. The second-order valence-corrected chi connectivity index (χ2v) is 4.86. The Morgan fingerprint density at radius 2 is 1.83 bits per heavy atom. The number of halogens is 2. The Bertz CT molecular complexity index is 576. The number of benzene rings is 2. The van der Waals surface area contributed by atoms with Gasteiger partial charge in [0.1, 0.15) is 5.82 Å². The van der Waals surface area contributed by atoms with Crippen LogP contribution in [-0.2, 0) is 6.42 Å². The third kappa shape index (κ3) is 2.67. The molecule has 0 heterocycles. The Morgan fingerprint density at radius 3 is 2.39 bits per heavy atom. The summed E-state index contributed by atoms with van der Waals surface area (Å²) < 4.78 is 13.6. The van der Waals surface area contributed by atoms with Gasteiger partial charge in [-0.25, -0.2) is 4.39 Å². The largest absolute Gasteiger partial charge is 0.289 e. The zero-order valence-electron chi connectivity index (χ0n) is 9.91. The summed E-state index contributed by atoms with van der Waals surface area (Å²) in [5.74, 6) is -0.448. The fraction of sp³-hybridized carbons (Fsp3) is 0.133. The third-order valence-corrected chi connectivity index (χ3v) is 3.45. The Morgan fingerprint density at radius 1 is 1.17 bits per heavy atom. The summed E-state index contributed by atoms with van der Waals surface area (Å²) in [5.41, 5.74) is 2.25. The van der Waals surface area contributed by atoms with Gasteiger partial charge in [-0.2, -0.15) is 0 Å². The predicted molar refractivity (Wildman–Crippen MR) is 73.4 cm³/mol. The van der Waals surface area contributed by atoms with Gasteiger partial charge in [0.2, 0.25) is 0 Å². The van der Waals surface area contributed by atoms with E-state index in [1.807, 2.05) is 12.1 Å². The Hall–Kier alpha value is -1.48. The molecule has 0 spiro atoms. The minimum Gasteiger partial charge on any atom is -0.289 e. The van der Waals surface area contributed by atoms with E-state index >= 15 is 0 Å². The molecule has 0 saturated carbocycles. The van der Waals surface area contributed by atoms with Crippen LogP contribution in [0.3, 0.4) is 0 Å². The monoisotopic (exact) mass is 306 g/mol. The molecule has 0 aliphatic heterocycles. The molecule has 0 unspecified atom stereocenters. The van der Waals surface area contributed by atoms with Gasteiger partial charge in [0.05, 0.1) is 0 Å². The minimum atomic E-state index is -0.341. The van der Waals surface area contributed by atoms with E-state index < -0.39 is 0 Å². The van der Waals surface area contributed by atoms with Crippen molar-refractivity contribution in [2.24, 2.45) is 0 Å². The average molecular weight is 307 g/mol. The lowest BCUT2D eigenvalue weighted by Gasteiger charge is -2.06. The van der Waals surface area contributed by atoms with Crippen molar-refractivity contribution < 1.29 is 9.18 Å². The fourth-order valence-electron chi connectivity index (χ4n) is 1.72. The van der Waals surface area contributed by atoms with E-state index in [0.29, 0.717) is 11.1 Å². The summed E-state index contributed by atoms with van der Waals surface area (Å²) in [5, 5.41) is 0. The molecule has 0 fully saturated rings. The maximum absolute atomic E-state index is 12.8. The second-order valence-electron chi connectivity index (χ2n) is 4.00. The predicted octanol–water partition coefficient (Wildman–Crippen LogP) is 4.38. The number of ketones is 1. The van der Waals surface area contributed by atoms with E-state index in [9.17, 15) is 9.18 Å². The first-order chi connectivity index (χ1) is 8.61. The van der Waals surface area contributed by atoms with E-state index in [1.165, 1.54) is 24.3 Å². The molecule has 18 heavy (non-hydrogen) atoms. The highest BCUT2D eigenvalue weighted by Crippen LogP contribution is 2.22. The molecular formula is C15H12BrFO. The van der Waals surface area contributed by atoms with E-state index in [-0.39, 0.29) is 11.6 Å². The van der Waals surface area contributed by atoms with Gasteiger partial charge >= 0.3 is 0 Å². The maximum Gasteiger partial charge on any atom is 0.194 e. The van der Waals surface area contributed by atoms with Gasteiger partial charge in [-0.1, -0.05) is 28.9 Å². The Balaban J connectivity index is 2.37. The number of carbonyl (C=O) groups excluding carboxylic acids is 1. The van der Waals surface area contributed by atoms with E-state index in [0.717, 1.165) is 16.5 Å². The molecule has 0 saturated heterocycles. The normalized spacial score (nSPS) is 10.4. The van der Waals surface area contributed by atoms with Crippen LogP contribution in [0, 0.1) is 5.82 Å². The van der Waals surface area contributed by atoms with Crippen molar-refractivity contribution in [3.8, 4) is 0 Å². The highest BCUT2D eigenvalue weighted by molar-refractivity contribution is 9.10. The van der Waals surface area contributed by atoms with Crippen LogP contribution >= 0.6 is 15.9 Å². The number of carbonyl (C=O) groups is 1. The quantitative estimate of drug-likeness (QED) is 0.769. The van der Waals surface area contributed by atoms with Gasteiger partial charge in [0.15, 0.2) is 5.78 Å². The first-order valence-corrected chi connectivity index (χ1v) is 6.50. The number of hydrogen-bond donors (Lipinski definition) is 0. The maximum atomic E-state index is 12.8. The van der Waals surface area contributed by atoms with Gasteiger partial charge in [0.25, 0.3) is 0 Å². The Labute approximate surface area is 114 Å². The summed E-state index contributed by atoms with van der Waals surface area (Å²) >= 11 is 3.41. The lowest BCUT2D eigenvalue weighted by atomic mass is 10.0. The van der Waals surface area contributed by atoms with Crippen molar-refractivity contribution in [2.75, 3.05) is 0 Å². The van der Waals surface area contributed by atoms with Crippen molar-refractivity contribution in [1.29, 1.82) is 0 Å². The molecule has 92 valence electrons. The minimum absolute atomic E-state index is 0.107. The molecule has 0 bridgehead atoms. The van der Waals surface area contributed by atoms with Crippen LogP contribution in [0.4, 0.5) is 4.39 Å². The van der Waals surface area contributed by atoms with Crippen LogP contribution in [0.2, 0.25) is 0 Å². The van der Waals surface area contributed by atoms with E-state index in [4.69, 9.17) is 0 Å². The van der Waals surface area contributed by atoms with Crippen molar-refractivity contribution in [2.45, 2.75) is 13.3 Å². The molecule has 0 radical (unpaired) electrons. The van der Waals surface area contributed by atoms with Crippen LogP contribution in [-0.4, -0.2) is 5.78 Å². The van der Waals surface area contributed by atoms with Crippen LogP contribution in [0.25, 0.3) is 0 Å². The lowest BCUT2D eigenvalue weighted by Crippen LogP contribution is -2.02. The van der Waals surface area contributed by atoms with E-state index in [1.54, 1.807) is 6.07 Å². The van der Waals surface area contributed by atoms with Crippen molar-refractivity contribution in [3.63, 3.8) is 0 Å². The Kier molecular flexibility index (Phi) is 3.92. The molecule has 1 nitrogen and oxygen atoms in total. The molecular weight excluding hydrogens is 295 g/mol. The molecule has 0 aliphatic carbocycles. The van der Waals surface area contributed by atoms with Gasteiger partial charge < -0.3 is 0 Å². The lowest BCUT2D eigenvalue weighted by molar-refractivity contribution is 0.103. The van der Waals surface area contributed by atoms with E-state index in [2.05, 4.69) is 22.9 Å². The molecule has 2 rings (SSSR count). The highest BCUT2D eigenvalue weighted by Gasteiger charge is 2.12. The van der Waals surface area contributed by atoms with Crippen molar-refractivity contribution in [3.05, 3.63) is 69.4 Å². The van der Waals surface area contributed by atoms with Crippen LogP contribution in [0.1, 0.15) is 28.4 Å². The first kappa shape index (κ1) is 13.0. The molecule has 3 heteroatoms. The third-order valence-electron chi connectivity index (χ3n) is 2.79. The standard InChI is InChI=1S/C15H12BrFO/c1-2-10-3-8-13(14(16)9-10)15(18)11-4-6-12(17)7-5-11/h3-9H,2H2,1H3. The second kappa shape index (κ2) is 5.44. The SMILES string of the molecule is CCc1ccc(C(=O)c2ccc(F)cc2)c(Br)c1. The van der Waals surface area contributed by atoms with Crippen LogP contribution in [0.15, 0.2) is 46.9 Å². The smallest absolute Gasteiger partial charge is 0.194 e. The van der Waals surface area contributed by atoms with Gasteiger partial charge in [-0.05, 0) is 48.4 Å². The van der Waals surface area contributed by atoms with Gasteiger partial charge in [-0.3, -0.25) is 4.79 Å². The molecule has 0 aromatic heterocycles.